The molecule has 1 aromatic heterocycles. The number of aryl methyl sites for hydroxylation is 1. The van der Waals surface area contributed by atoms with E-state index < -0.39 is 10.1 Å². The molecule has 0 atom stereocenters. The number of hydrogen-bond acceptors (Lipinski definition) is 5. The molecule has 1 heterocycles. The average molecular weight is 394 g/mol. The fourth-order valence-electron chi connectivity index (χ4n) is 2.70. The largest absolute Gasteiger partial charge is 0.457 e. The number of para-hydroxylation sites is 1. The standard InChI is InChI=1S/C21H18N2O4S/c1-15-7-10-18(11-8-15)28(24,25)26-14-21-22-19-12-9-17(13-20(19)23-21)27-16-5-3-2-4-6-16/h2-13H,14H2,1H3,(H,22,23). The average Bonchev–Trinajstić information content (AvgIpc) is 3.10. The van der Waals surface area contributed by atoms with Crippen LogP contribution in [-0.4, -0.2) is 18.4 Å². The van der Waals surface area contributed by atoms with Gasteiger partial charge in [0.15, 0.2) is 0 Å². The first-order chi connectivity index (χ1) is 13.5. The Kier molecular flexibility index (Phi) is 4.85. The molecule has 0 radical (unpaired) electrons. The van der Waals surface area contributed by atoms with E-state index >= 15 is 0 Å². The molecule has 6 nitrogen and oxygen atoms in total. The number of ether oxygens (including phenoxy) is 1. The second kappa shape index (κ2) is 7.46. The van der Waals surface area contributed by atoms with Gasteiger partial charge in [0.2, 0.25) is 0 Å². The monoisotopic (exact) mass is 394 g/mol. The summed E-state index contributed by atoms with van der Waals surface area (Å²) in [7, 11) is -3.85. The Labute approximate surface area is 162 Å². The maximum atomic E-state index is 12.3. The first-order valence-electron chi connectivity index (χ1n) is 8.67. The first kappa shape index (κ1) is 18.2. The molecule has 0 aliphatic rings. The number of fused-ring (bicyclic) bond motifs is 1. The van der Waals surface area contributed by atoms with E-state index in [1.54, 1.807) is 12.1 Å². The van der Waals surface area contributed by atoms with Gasteiger partial charge in [-0.25, -0.2) is 4.98 Å². The van der Waals surface area contributed by atoms with Gasteiger partial charge >= 0.3 is 0 Å². The van der Waals surface area contributed by atoms with Crippen molar-refractivity contribution < 1.29 is 17.3 Å². The number of aromatic amines is 1. The molecule has 0 fully saturated rings. The molecule has 4 aromatic rings. The predicted molar refractivity (Wildman–Crippen MR) is 106 cm³/mol. The maximum Gasteiger partial charge on any atom is 0.297 e. The van der Waals surface area contributed by atoms with Gasteiger partial charge in [-0.1, -0.05) is 35.9 Å². The molecule has 0 amide bonds. The van der Waals surface area contributed by atoms with E-state index in [2.05, 4.69) is 9.97 Å². The number of imidazole rings is 1. The molecule has 0 spiro atoms. The highest BCUT2D eigenvalue weighted by atomic mass is 32.2. The Morgan fingerprint density at radius 2 is 1.68 bits per heavy atom. The van der Waals surface area contributed by atoms with E-state index in [-0.39, 0.29) is 11.5 Å². The fourth-order valence-corrected chi connectivity index (χ4v) is 3.58. The van der Waals surface area contributed by atoms with Crippen molar-refractivity contribution in [2.24, 2.45) is 0 Å². The van der Waals surface area contributed by atoms with Crippen LogP contribution in [0.4, 0.5) is 0 Å². The summed E-state index contributed by atoms with van der Waals surface area (Å²) >= 11 is 0. The summed E-state index contributed by atoms with van der Waals surface area (Å²) in [5.41, 5.74) is 2.41. The Bertz CT molecular complexity index is 1200. The Morgan fingerprint density at radius 1 is 0.929 bits per heavy atom. The van der Waals surface area contributed by atoms with E-state index in [4.69, 9.17) is 8.92 Å². The van der Waals surface area contributed by atoms with Crippen LogP contribution in [0.5, 0.6) is 11.5 Å². The summed E-state index contributed by atoms with van der Waals surface area (Å²) in [4.78, 5) is 7.56. The lowest BCUT2D eigenvalue weighted by atomic mass is 10.2. The van der Waals surface area contributed by atoms with Crippen molar-refractivity contribution in [2.45, 2.75) is 18.4 Å². The summed E-state index contributed by atoms with van der Waals surface area (Å²) < 4.78 is 35.6. The third-order valence-electron chi connectivity index (χ3n) is 4.14. The highest BCUT2D eigenvalue weighted by Gasteiger charge is 2.16. The van der Waals surface area contributed by atoms with Crippen LogP contribution in [0.25, 0.3) is 11.0 Å². The van der Waals surface area contributed by atoms with Gasteiger partial charge in [0.05, 0.1) is 15.9 Å². The minimum atomic E-state index is -3.85. The molecule has 7 heteroatoms. The Balaban J connectivity index is 1.49. The molecule has 0 saturated heterocycles. The molecule has 0 saturated carbocycles. The van der Waals surface area contributed by atoms with Gasteiger partial charge in [0.25, 0.3) is 10.1 Å². The lowest BCUT2D eigenvalue weighted by Gasteiger charge is -2.04. The molecular weight excluding hydrogens is 376 g/mol. The van der Waals surface area contributed by atoms with Gasteiger partial charge in [0, 0.05) is 6.07 Å². The zero-order chi connectivity index (χ0) is 19.6. The van der Waals surface area contributed by atoms with Crippen LogP contribution in [-0.2, 0) is 20.9 Å². The molecule has 142 valence electrons. The van der Waals surface area contributed by atoms with Gasteiger partial charge in [-0.05, 0) is 43.3 Å². The van der Waals surface area contributed by atoms with E-state index in [9.17, 15) is 8.42 Å². The molecule has 28 heavy (non-hydrogen) atoms. The molecule has 3 aromatic carbocycles. The highest BCUT2D eigenvalue weighted by molar-refractivity contribution is 7.86. The van der Waals surface area contributed by atoms with E-state index in [0.717, 1.165) is 16.8 Å². The summed E-state index contributed by atoms with van der Waals surface area (Å²) in [5.74, 6) is 1.80. The van der Waals surface area contributed by atoms with Crippen LogP contribution < -0.4 is 4.74 Å². The number of nitrogens with one attached hydrogen (secondary N) is 1. The zero-order valence-corrected chi connectivity index (χ0v) is 15.9. The quantitative estimate of drug-likeness (QED) is 0.485. The Hall–Kier alpha value is -3.16. The molecular formula is C21H18N2O4S. The first-order valence-corrected chi connectivity index (χ1v) is 10.1. The van der Waals surface area contributed by atoms with Crippen molar-refractivity contribution in [2.75, 3.05) is 0 Å². The zero-order valence-electron chi connectivity index (χ0n) is 15.1. The van der Waals surface area contributed by atoms with Crippen LogP contribution in [0.1, 0.15) is 11.4 Å². The Morgan fingerprint density at radius 3 is 2.43 bits per heavy atom. The third kappa shape index (κ3) is 4.05. The minimum absolute atomic E-state index is 0.118. The van der Waals surface area contributed by atoms with Crippen molar-refractivity contribution in [3.63, 3.8) is 0 Å². The van der Waals surface area contributed by atoms with E-state index in [1.807, 2.05) is 55.5 Å². The van der Waals surface area contributed by atoms with E-state index in [1.165, 1.54) is 12.1 Å². The van der Waals surface area contributed by atoms with Crippen LogP contribution in [0.15, 0.2) is 77.7 Å². The molecule has 1 N–H and O–H groups in total. The van der Waals surface area contributed by atoms with Gasteiger partial charge in [-0.2, -0.15) is 8.42 Å². The van der Waals surface area contributed by atoms with Crippen LogP contribution >= 0.6 is 0 Å². The number of benzene rings is 3. The molecule has 0 unspecified atom stereocenters. The second-order valence-corrected chi connectivity index (χ2v) is 7.92. The number of nitrogens with zero attached hydrogens (tertiary/aromatic N) is 1. The summed E-state index contributed by atoms with van der Waals surface area (Å²) in [6.45, 7) is 1.71. The molecule has 0 aliphatic heterocycles. The van der Waals surface area contributed by atoms with Crippen LogP contribution in [0, 0.1) is 6.92 Å². The van der Waals surface area contributed by atoms with Crippen molar-refractivity contribution in [3.8, 4) is 11.5 Å². The van der Waals surface area contributed by atoms with Gasteiger partial charge < -0.3 is 9.72 Å². The SMILES string of the molecule is Cc1ccc(S(=O)(=O)OCc2nc3ccc(Oc4ccccc4)cc3[nH]2)cc1. The summed E-state index contributed by atoms with van der Waals surface area (Å²) in [6, 6.07) is 21.4. The van der Waals surface area contributed by atoms with Crippen LogP contribution in [0.3, 0.4) is 0 Å². The van der Waals surface area contributed by atoms with Crippen molar-refractivity contribution in [1.29, 1.82) is 0 Å². The van der Waals surface area contributed by atoms with Crippen molar-refractivity contribution in [3.05, 3.63) is 84.2 Å². The normalized spacial score (nSPS) is 11.6. The second-order valence-electron chi connectivity index (χ2n) is 6.31. The lowest BCUT2D eigenvalue weighted by Crippen LogP contribution is -2.07. The minimum Gasteiger partial charge on any atom is -0.457 e. The third-order valence-corrected chi connectivity index (χ3v) is 5.42. The summed E-state index contributed by atoms with van der Waals surface area (Å²) in [5, 5.41) is 0. The fraction of sp³-hybridized carbons (Fsp3) is 0.0952. The molecule has 0 aliphatic carbocycles. The van der Waals surface area contributed by atoms with Crippen molar-refractivity contribution in [1.82, 2.24) is 9.97 Å². The molecule has 0 bridgehead atoms. The molecule has 4 rings (SSSR count). The van der Waals surface area contributed by atoms with Gasteiger partial charge in [-0.15, -0.1) is 0 Å². The highest BCUT2D eigenvalue weighted by Crippen LogP contribution is 2.25. The number of aromatic nitrogens is 2. The smallest absolute Gasteiger partial charge is 0.297 e. The van der Waals surface area contributed by atoms with Crippen molar-refractivity contribution >= 4 is 21.2 Å². The number of H-pyrrole nitrogens is 1. The van der Waals surface area contributed by atoms with Crippen LogP contribution in [0.2, 0.25) is 0 Å². The summed E-state index contributed by atoms with van der Waals surface area (Å²) in [6.07, 6.45) is 0. The predicted octanol–water partition coefficient (Wildman–Crippen LogP) is 4.57. The lowest BCUT2D eigenvalue weighted by molar-refractivity contribution is 0.300. The number of rotatable bonds is 6. The van der Waals surface area contributed by atoms with Gasteiger partial charge in [0.1, 0.15) is 23.9 Å². The topological polar surface area (TPSA) is 81.3 Å². The van der Waals surface area contributed by atoms with Gasteiger partial charge in [-0.3, -0.25) is 4.18 Å². The maximum absolute atomic E-state index is 12.3. The number of hydrogen-bond donors (Lipinski definition) is 1. The van der Waals surface area contributed by atoms with E-state index in [0.29, 0.717) is 17.1 Å².